The van der Waals surface area contributed by atoms with Gasteiger partial charge in [0, 0.05) is 18.0 Å². The predicted molar refractivity (Wildman–Crippen MR) is 92.9 cm³/mol. The van der Waals surface area contributed by atoms with Crippen LogP contribution in [-0.4, -0.2) is 41.4 Å². The zero-order valence-corrected chi connectivity index (χ0v) is 14.5. The number of aliphatic carboxylic acids is 1. The Labute approximate surface area is 139 Å². The Balaban J connectivity index is 2.85. The van der Waals surface area contributed by atoms with E-state index in [1.54, 1.807) is 0 Å². The molecule has 1 atom stereocenters. The van der Waals surface area contributed by atoms with E-state index >= 15 is 0 Å². The largest absolute Gasteiger partial charge is 0.481 e. The van der Waals surface area contributed by atoms with Gasteiger partial charge in [0.2, 0.25) is 0 Å². The summed E-state index contributed by atoms with van der Waals surface area (Å²) in [7, 11) is 0. The number of nitrogens with zero attached hydrogens (tertiary/aromatic N) is 1. The summed E-state index contributed by atoms with van der Waals surface area (Å²) in [6, 6.07) is 7.52. The number of hydrogen-bond acceptors (Lipinski definition) is 3. The first-order valence-electron chi connectivity index (χ1n) is 8.59. The Hall–Kier alpha value is -1.68. The number of rotatable bonds is 11. The maximum atomic E-state index is 12.7. The van der Waals surface area contributed by atoms with Crippen molar-refractivity contribution in [3.05, 3.63) is 35.4 Å². The van der Waals surface area contributed by atoms with Gasteiger partial charge in [-0.05, 0) is 31.5 Å². The Bertz CT molecular complexity index is 496. The smallest absolute Gasteiger partial charge is 0.304 e. The third-order valence-corrected chi connectivity index (χ3v) is 4.19. The molecule has 4 heteroatoms. The number of unbranched alkanes of at least 4 members (excludes halogenated alkanes) is 1. The van der Waals surface area contributed by atoms with Crippen LogP contribution in [0, 0.1) is 5.92 Å². The topological polar surface area (TPSA) is 57.6 Å². The van der Waals surface area contributed by atoms with Crippen molar-refractivity contribution in [2.75, 3.05) is 19.6 Å². The van der Waals surface area contributed by atoms with Gasteiger partial charge in [0.25, 0.3) is 0 Å². The van der Waals surface area contributed by atoms with Crippen LogP contribution in [-0.2, 0) is 11.2 Å². The number of benzene rings is 1. The van der Waals surface area contributed by atoms with Gasteiger partial charge in [0.05, 0.1) is 6.42 Å². The third kappa shape index (κ3) is 6.53. The van der Waals surface area contributed by atoms with Crippen LogP contribution < -0.4 is 0 Å². The molecule has 0 aromatic heterocycles. The molecule has 1 aromatic carbocycles. The summed E-state index contributed by atoms with van der Waals surface area (Å²) in [6.07, 6.45) is 2.96. The van der Waals surface area contributed by atoms with Gasteiger partial charge in [-0.2, -0.15) is 0 Å². The number of carbonyl (C=O) groups excluding carboxylic acids is 1. The second-order valence-electron chi connectivity index (χ2n) is 5.96. The first kappa shape index (κ1) is 19.4. The van der Waals surface area contributed by atoms with Crippen molar-refractivity contribution in [1.82, 2.24) is 4.90 Å². The van der Waals surface area contributed by atoms with Gasteiger partial charge in [-0.1, -0.05) is 51.5 Å². The van der Waals surface area contributed by atoms with Gasteiger partial charge < -0.3 is 10.0 Å². The number of ketones is 1. The van der Waals surface area contributed by atoms with E-state index in [-0.39, 0.29) is 12.2 Å². The molecule has 0 aliphatic rings. The summed E-state index contributed by atoms with van der Waals surface area (Å²) >= 11 is 0. The zero-order chi connectivity index (χ0) is 17.2. The molecule has 1 N–H and O–H groups in total. The second kappa shape index (κ2) is 10.2. The molecule has 1 unspecified atom stereocenters. The van der Waals surface area contributed by atoms with Gasteiger partial charge in [-0.3, -0.25) is 9.59 Å². The van der Waals surface area contributed by atoms with Crippen LogP contribution >= 0.6 is 0 Å². The number of hydrogen-bond donors (Lipinski definition) is 1. The molecule has 23 heavy (non-hydrogen) atoms. The van der Waals surface area contributed by atoms with Gasteiger partial charge in [0.15, 0.2) is 5.78 Å². The van der Waals surface area contributed by atoms with Crippen molar-refractivity contribution in [3.8, 4) is 0 Å². The molecule has 0 heterocycles. The van der Waals surface area contributed by atoms with Crippen LogP contribution in [0.15, 0.2) is 24.3 Å². The van der Waals surface area contributed by atoms with Crippen LogP contribution in [0.5, 0.6) is 0 Å². The molecule has 0 saturated heterocycles. The van der Waals surface area contributed by atoms with Crippen molar-refractivity contribution in [2.45, 2.75) is 46.5 Å². The molecule has 0 fully saturated rings. The van der Waals surface area contributed by atoms with Gasteiger partial charge in [-0.15, -0.1) is 0 Å². The molecule has 0 aliphatic heterocycles. The highest BCUT2D eigenvalue weighted by Crippen LogP contribution is 2.16. The van der Waals surface area contributed by atoms with Crippen LogP contribution in [0.2, 0.25) is 0 Å². The summed E-state index contributed by atoms with van der Waals surface area (Å²) < 4.78 is 0. The highest BCUT2D eigenvalue weighted by atomic mass is 16.4. The standard InChI is InChI=1S/C19H29NO3/c1-4-7-12-20(6-3)14-17(13-18(21)22)19(23)16-10-8-15(5-2)9-11-16/h8-11,17H,4-7,12-14H2,1-3H3,(H,21,22). The molecule has 0 saturated carbocycles. The lowest BCUT2D eigenvalue weighted by Crippen LogP contribution is -2.35. The summed E-state index contributed by atoms with van der Waals surface area (Å²) in [5, 5.41) is 9.15. The summed E-state index contributed by atoms with van der Waals surface area (Å²) in [5.41, 5.74) is 1.79. The maximum absolute atomic E-state index is 12.7. The van der Waals surface area contributed by atoms with Crippen molar-refractivity contribution in [3.63, 3.8) is 0 Å². The minimum absolute atomic E-state index is 0.0648. The van der Waals surface area contributed by atoms with E-state index in [1.165, 1.54) is 5.56 Å². The molecule has 0 aliphatic carbocycles. The fourth-order valence-electron chi connectivity index (χ4n) is 2.66. The van der Waals surface area contributed by atoms with E-state index < -0.39 is 11.9 Å². The van der Waals surface area contributed by atoms with Crippen LogP contribution in [0.3, 0.4) is 0 Å². The minimum Gasteiger partial charge on any atom is -0.481 e. The monoisotopic (exact) mass is 319 g/mol. The van der Waals surface area contributed by atoms with Crippen molar-refractivity contribution < 1.29 is 14.7 Å². The SMILES string of the molecule is CCCCN(CC)CC(CC(=O)O)C(=O)c1ccc(CC)cc1. The molecule has 1 aromatic rings. The number of carboxylic acid groups (broad SMARTS) is 1. The van der Waals surface area contributed by atoms with E-state index in [1.807, 2.05) is 31.2 Å². The first-order valence-corrected chi connectivity index (χ1v) is 8.59. The van der Waals surface area contributed by atoms with Crippen molar-refractivity contribution in [1.29, 1.82) is 0 Å². The molecule has 0 bridgehead atoms. The lowest BCUT2D eigenvalue weighted by atomic mass is 9.93. The summed E-state index contributed by atoms with van der Waals surface area (Å²) in [6.45, 7) is 8.49. The highest BCUT2D eigenvalue weighted by Gasteiger charge is 2.25. The first-order chi connectivity index (χ1) is 11.0. The normalized spacial score (nSPS) is 12.3. The van der Waals surface area contributed by atoms with Gasteiger partial charge in [0.1, 0.15) is 0 Å². The Morgan fingerprint density at radius 2 is 1.78 bits per heavy atom. The molecule has 4 nitrogen and oxygen atoms in total. The third-order valence-electron chi connectivity index (χ3n) is 4.19. The lowest BCUT2D eigenvalue weighted by molar-refractivity contribution is -0.137. The van der Waals surface area contributed by atoms with Crippen molar-refractivity contribution >= 4 is 11.8 Å². The molecule has 0 spiro atoms. The fourth-order valence-corrected chi connectivity index (χ4v) is 2.66. The Kier molecular flexibility index (Phi) is 8.56. The highest BCUT2D eigenvalue weighted by molar-refractivity contribution is 5.99. The number of carbonyl (C=O) groups is 2. The predicted octanol–water partition coefficient (Wildman–Crippen LogP) is 3.64. The average molecular weight is 319 g/mol. The van der Waals surface area contributed by atoms with E-state index in [0.29, 0.717) is 12.1 Å². The maximum Gasteiger partial charge on any atom is 0.304 e. The fraction of sp³-hybridized carbons (Fsp3) is 0.579. The van der Waals surface area contributed by atoms with E-state index in [2.05, 4.69) is 18.7 Å². The molecule has 1 rings (SSSR count). The van der Waals surface area contributed by atoms with E-state index in [0.717, 1.165) is 32.4 Å². The zero-order valence-electron chi connectivity index (χ0n) is 14.5. The Morgan fingerprint density at radius 3 is 2.26 bits per heavy atom. The van der Waals surface area contributed by atoms with E-state index in [4.69, 9.17) is 5.11 Å². The molecule has 128 valence electrons. The number of aryl methyl sites for hydroxylation is 1. The second-order valence-corrected chi connectivity index (χ2v) is 5.96. The van der Waals surface area contributed by atoms with E-state index in [9.17, 15) is 9.59 Å². The number of Topliss-reactive ketones (excluding diaryl/α,β-unsaturated/α-hetero) is 1. The lowest BCUT2D eigenvalue weighted by Gasteiger charge is -2.25. The quantitative estimate of drug-likeness (QED) is 0.633. The molecular weight excluding hydrogens is 290 g/mol. The molecule has 0 radical (unpaired) electrons. The summed E-state index contributed by atoms with van der Waals surface area (Å²) in [5.74, 6) is -1.47. The summed E-state index contributed by atoms with van der Waals surface area (Å²) in [4.78, 5) is 26.1. The Morgan fingerprint density at radius 1 is 1.13 bits per heavy atom. The minimum atomic E-state index is -0.917. The van der Waals surface area contributed by atoms with Gasteiger partial charge in [-0.25, -0.2) is 0 Å². The van der Waals surface area contributed by atoms with Crippen molar-refractivity contribution in [2.24, 2.45) is 5.92 Å². The van der Waals surface area contributed by atoms with Crippen LogP contribution in [0.4, 0.5) is 0 Å². The van der Waals surface area contributed by atoms with Gasteiger partial charge >= 0.3 is 5.97 Å². The molecule has 0 amide bonds. The van der Waals surface area contributed by atoms with Crippen LogP contribution in [0.25, 0.3) is 0 Å². The number of carboxylic acids is 1. The van der Waals surface area contributed by atoms with Crippen LogP contribution in [0.1, 0.15) is 56.0 Å². The average Bonchev–Trinajstić information content (AvgIpc) is 2.56. The molecular formula is C19H29NO3.